The highest BCUT2D eigenvalue weighted by Crippen LogP contribution is 2.13. The van der Waals surface area contributed by atoms with E-state index >= 15 is 0 Å². The Morgan fingerprint density at radius 1 is 1.10 bits per heavy atom. The van der Waals surface area contributed by atoms with Gasteiger partial charge in [-0.1, -0.05) is 12.1 Å². The summed E-state index contributed by atoms with van der Waals surface area (Å²) in [7, 11) is 0. The Kier molecular flexibility index (Phi) is 6.53. The minimum atomic E-state index is -1.78. The van der Waals surface area contributed by atoms with Crippen molar-refractivity contribution in [2.75, 3.05) is 18.9 Å². The Hall–Kier alpha value is -1.71. The third kappa shape index (κ3) is 4.66. The minimum Gasteiger partial charge on any atom is -0.459 e. The van der Waals surface area contributed by atoms with Crippen LogP contribution in [0.15, 0.2) is 24.3 Å². The summed E-state index contributed by atoms with van der Waals surface area (Å²) in [4.78, 5) is 11.7. The zero-order chi connectivity index (χ0) is 16.0. The van der Waals surface area contributed by atoms with E-state index in [0.717, 1.165) is 0 Å². The molecule has 8 nitrogen and oxygen atoms in total. The van der Waals surface area contributed by atoms with Gasteiger partial charge in [-0.05, 0) is 12.1 Å². The first kappa shape index (κ1) is 17.3. The van der Waals surface area contributed by atoms with Gasteiger partial charge >= 0.3 is 5.97 Å². The molecule has 7 N–H and O–H groups in total. The molecule has 118 valence electrons. The Labute approximate surface area is 121 Å². The van der Waals surface area contributed by atoms with Crippen molar-refractivity contribution in [3.63, 3.8) is 0 Å². The first-order valence-electron chi connectivity index (χ1n) is 6.23. The zero-order valence-corrected chi connectivity index (χ0v) is 11.2. The summed E-state index contributed by atoms with van der Waals surface area (Å²) in [5.41, 5.74) is 5.89. The van der Waals surface area contributed by atoms with Crippen LogP contribution in [0.3, 0.4) is 0 Å². The predicted molar refractivity (Wildman–Crippen MR) is 72.2 cm³/mol. The monoisotopic (exact) mass is 301 g/mol. The van der Waals surface area contributed by atoms with Gasteiger partial charge in [0.1, 0.15) is 31.0 Å². The lowest BCUT2D eigenvalue weighted by molar-refractivity contribution is -0.124. The van der Waals surface area contributed by atoms with Gasteiger partial charge in [0.15, 0.2) is 0 Å². The topological polar surface area (TPSA) is 153 Å². The van der Waals surface area contributed by atoms with Crippen LogP contribution in [-0.2, 0) is 4.74 Å². The molecule has 1 aromatic rings. The number of aliphatic hydroxyl groups is 5. The molecule has 0 saturated carbocycles. The molecule has 0 amide bonds. The molecule has 0 fully saturated rings. The van der Waals surface area contributed by atoms with Gasteiger partial charge in [-0.25, -0.2) is 4.79 Å². The maximum Gasteiger partial charge on any atom is 0.340 e. The van der Waals surface area contributed by atoms with Crippen LogP contribution in [0.4, 0.5) is 5.69 Å². The first-order valence-corrected chi connectivity index (χ1v) is 6.23. The van der Waals surface area contributed by atoms with E-state index in [-0.39, 0.29) is 11.3 Å². The maximum atomic E-state index is 11.7. The van der Waals surface area contributed by atoms with Gasteiger partial charge in [-0.15, -0.1) is 0 Å². The second kappa shape index (κ2) is 7.91. The van der Waals surface area contributed by atoms with Gasteiger partial charge in [0.05, 0.1) is 12.2 Å². The number of nitrogen functional groups attached to an aromatic ring is 1. The average Bonchev–Trinajstić information content (AvgIpc) is 2.50. The number of anilines is 1. The molecule has 21 heavy (non-hydrogen) atoms. The fourth-order valence-electron chi connectivity index (χ4n) is 1.58. The summed E-state index contributed by atoms with van der Waals surface area (Å²) in [6, 6.07) is 6.16. The Morgan fingerprint density at radius 3 is 2.24 bits per heavy atom. The number of ether oxygens (including phenoxy) is 1. The standard InChI is InChI=1S/C13H19NO7/c14-8-4-2-1-3-7(8)13(20)21-6-10(17)12(19)11(18)9(16)5-15/h1-4,9-12,15-19H,5-6,14H2/t9-,10-,11-,12-/m1/s1. The average molecular weight is 301 g/mol. The van der Waals surface area contributed by atoms with Crippen LogP contribution in [0.2, 0.25) is 0 Å². The molecule has 4 atom stereocenters. The molecule has 0 aliphatic carbocycles. The lowest BCUT2D eigenvalue weighted by Gasteiger charge is -2.25. The van der Waals surface area contributed by atoms with Crippen LogP contribution in [0.1, 0.15) is 10.4 Å². The van der Waals surface area contributed by atoms with Gasteiger partial charge in [-0.3, -0.25) is 0 Å². The number of esters is 1. The highest BCUT2D eigenvalue weighted by atomic mass is 16.5. The van der Waals surface area contributed by atoms with Gasteiger partial charge in [-0.2, -0.15) is 0 Å². The smallest absolute Gasteiger partial charge is 0.340 e. The van der Waals surface area contributed by atoms with Gasteiger partial charge < -0.3 is 36.0 Å². The first-order chi connectivity index (χ1) is 9.88. The second-order valence-corrected chi connectivity index (χ2v) is 4.48. The second-order valence-electron chi connectivity index (χ2n) is 4.48. The van der Waals surface area contributed by atoms with Crippen LogP contribution in [-0.4, -0.2) is 69.1 Å². The SMILES string of the molecule is Nc1ccccc1C(=O)OC[C@@H](O)[C@@H](O)[C@H](O)[C@H](O)CO. The molecule has 0 unspecified atom stereocenters. The fourth-order valence-corrected chi connectivity index (χ4v) is 1.58. The number of benzene rings is 1. The summed E-state index contributed by atoms with van der Waals surface area (Å²) >= 11 is 0. The van der Waals surface area contributed by atoms with Crippen LogP contribution in [0, 0.1) is 0 Å². The van der Waals surface area contributed by atoms with Crippen molar-refractivity contribution < 1.29 is 35.1 Å². The Bertz CT molecular complexity index is 468. The molecular formula is C13H19NO7. The highest BCUT2D eigenvalue weighted by Gasteiger charge is 2.30. The van der Waals surface area contributed by atoms with Crippen LogP contribution in [0.25, 0.3) is 0 Å². The number of rotatable bonds is 7. The highest BCUT2D eigenvalue weighted by molar-refractivity contribution is 5.94. The molecule has 0 heterocycles. The summed E-state index contributed by atoms with van der Waals surface area (Å²) in [6.07, 6.45) is -6.80. The van der Waals surface area contributed by atoms with Gasteiger partial charge in [0.25, 0.3) is 0 Å². The Balaban J connectivity index is 2.55. The lowest BCUT2D eigenvalue weighted by atomic mass is 10.0. The van der Waals surface area contributed by atoms with Crippen molar-refractivity contribution in [2.45, 2.75) is 24.4 Å². The molecule has 0 aliphatic rings. The molecular weight excluding hydrogens is 282 g/mol. The number of hydrogen-bond acceptors (Lipinski definition) is 8. The van der Waals surface area contributed by atoms with E-state index in [1.807, 2.05) is 0 Å². The third-order valence-corrected chi connectivity index (χ3v) is 2.89. The van der Waals surface area contributed by atoms with Gasteiger partial charge in [0, 0.05) is 5.69 Å². The van der Waals surface area contributed by atoms with Crippen LogP contribution >= 0.6 is 0 Å². The third-order valence-electron chi connectivity index (χ3n) is 2.89. The van der Waals surface area contributed by atoms with Crippen LogP contribution < -0.4 is 5.73 Å². The van der Waals surface area contributed by atoms with Crippen molar-refractivity contribution >= 4 is 11.7 Å². The predicted octanol–water partition coefficient (Wildman–Crippen LogP) is -2.14. The largest absolute Gasteiger partial charge is 0.459 e. The van der Waals surface area contributed by atoms with E-state index < -0.39 is 43.6 Å². The molecule has 0 radical (unpaired) electrons. The fraction of sp³-hybridized carbons (Fsp3) is 0.462. The van der Waals surface area contributed by atoms with Crippen molar-refractivity contribution in [1.82, 2.24) is 0 Å². The molecule has 0 aromatic heterocycles. The zero-order valence-electron chi connectivity index (χ0n) is 11.2. The summed E-state index contributed by atoms with van der Waals surface area (Å²) < 4.78 is 4.77. The number of carbonyl (C=O) groups is 1. The number of aliphatic hydroxyl groups excluding tert-OH is 5. The van der Waals surface area contributed by atoms with E-state index in [1.165, 1.54) is 12.1 Å². The maximum absolute atomic E-state index is 11.7. The summed E-state index contributed by atoms with van der Waals surface area (Å²) in [6.45, 7) is -1.39. The van der Waals surface area contributed by atoms with Crippen molar-refractivity contribution in [1.29, 1.82) is 0 Å². The summed E-state index contributed by atoms with van der Waals surface area (Å²) in [5, 5.41) is 46.3. The Morgan fingerprint density at radius 2 is 1.67 bits per heavy atom. The van der Waals surface area contributed by atoms with E-state index in [0.29, 0.717) is 0 Å². The van der Waals surface area contributed by atoms with E-state index in [2.05, 4.69) is 0 Å². The lowest BCUT2D eigenvalue weighted by Crippen LogP contribution is -2.47. The molecule has 1 rings (SSSR count). The number of para-hydroxylation sites is 1. The number of nitrogens with two attached hydrogens (primary N) is 1. The minimum absolute atomic E-state index is 0.107. The molecule has 8 heteroatoms. The molecule has 0 aliphatic heterocycles. The van der Waals surface area contributed by atoms with E-state index in [4.69, 9.17) is 20.7 Å². The molecule has 0 saturated heterocycles. The van der Waals surface area contributed by atoms with E-state index in [1.54, 1.807) is 12.1 Å². The van der Waals surface area contributed by atoms with Crippen molar-refractivity contribution in [3.05, 3.63) is 29.8 Å². The van der Waals surface area contributed by atoms with Crippen LogP contribution in [0.5, 0.6) is 0 Å². The number of carbonyl (C=O) groups excluding carboxylic acids is 1. The number of hydrogen-bond donors (Lipinski definition) is 6. The normalized spacial score (nSPS) is 16.8. The van der Waals surface area contributed by atoms with Crippen molar-refractivity contribution in [2.24, 2.45) is 0 Å². The molecule has 1 aromatic carbocycles. The molecule has 0 spiro atoms. The quantitative estimate of drug-likeness (QED) is 0.246. The van der Waals surface area contributed by atoms with Gasteiger partial charge in [0.2, 0.25) is 0 Å². The molecule has 0 bridgehead atoms. The van der Waals surface area contributed by atoms with E-state index in [9.17, 15) is 20.1 Å². The summed E-state index contributed by atoms with van der Waals surface area (Å²) in [5.74, 6) is -0.795. The van der Waals surface area contributed by atoms with Crippen molar-refractivity contribution in [3.8, 4) is 0 Å².